The molecule has 1 aromatic heterocycles. The molecule has 0 aliphatic heterocycles. The molecule has 1 aliphatic carbocycles. The van der Waals surface area contributed by atoms with Gasteiger partial charge in [0.05, 0.1) is 11.1 Å². The Balaban J connectivity index is 0.000000913. The van der Waals surface area contributed by atoms with E-state index in [1.165, 1.54) is 32.1 Å². The van der Waals surface area contributed by atoms with Crippen LogP contribution in [0.2, 0.25) is 5.02 Å². The highest BCUT2D eigenvalue weighted by Crippen LogP contribution is 2.31. The standard InChI is InChI=1S/C23H26ClN3O2.CH2O2/c1-15(2)28-21-13-10-17(14-20(21)24)22-26-23(29-27-22)16-8-11-19(12-9-16)25-18-6-4-3-5-7-18;2-1-3/h8-15,18,25H,3-7H2,1-2H3;1H,(H,2,3). The molecule has 0 saturated heterocycles. The van der Waals surface area contributed by atoms with E-state index < -0.39 is 0 Å². The highest BCUT2D eigenvalue weighted by molar-refractivity contribution is 6.32. The minimum absolute atomic E-state index is 0.0608. The van der Waals surface area contributed by atoms with E-state index in [0.29, 0.717) is 28.5 Å². The van der Waals surface area contributed by atoms with Crippen LogP contribution in [0.1, 0.15) is 46.0 Å². The first-order chi connectivity index (χ1) is 15.5. The molecule has 1 fully saturated rings. The second-order valence-electron chi connectivity index (χ2n) is 7.90. The predicted molar refractivity (Wildman–Crippen MR) is 125 cm³/mol. The third-order valence-corrected chi connectivity index (χ3v) is 5.38. The quantitative estimate of drug-likeness (QED) is 0.419. The third kappa shape index (κ3) is 6.47. The molecule has 1 heterocycles. The zero-order valence-corrected chi connectivity index (χ0v) is 19.0. The number of hydrogen-bond acceptors (Lipinski definition) is 6. The third-order valence-electron chi connectivity index (χ3n) is 5.09. The normalized spacial score (nSPS) is 13.9. The van der Waals surface area contributed by atoms with Crippen LogP contribution in [-0.2, 0) is 4.79 Å². The van der Waals surface area contributed by atoms with Gasteiger partial charge in [-0.2, -0.15) is 4.98 Å². The van der Waals surface area contributed by atoms with Crippen molar-refractivity contribution in [1.82, 2.24) is 10.1 Å². The molecule has 4 rings (SSSR count). The van der Waals surface area contributed by atoms with Crippen LogP contribution in [0, 0.1) is 0 Å². The predicted octanol–water partition coefficient (Wildman–Crippen LogP) is 6.29. The van der Waals surface area contributed by atoms with Crippen LogP contribution in [0.5, 0.6) is 5.75 Å². The Kier molecular flexibility index (Phi) is 8.50. The van der Waals surface area contributed by atoms with Crippen molar-refractivity contribution in [2.75, 3.05) is 5.32 Å². The van der Waals surface area contributed by atoms with Crippen molar-refractivity contribution in [3.8, 4) is 28.6 Å². The molecule has 7 nitrogen and oxygen atoms in total. The van der Waals surface area contributed by atoms with Gasteiger partial charge in [-0.05, 0) is 69.2 Å². The molecule has 0 unspecified atom stereocenters. The average Bonchev–Trinajstić information content (AvgIpc) is 3.27. The highest BCUT2D eigenvalue weighted by atomic mass is 35.5. The van der Waals surface area contributed by atoms with Crippen molar-refractivity contribution in [3.63, 3.8) is 0 Å². The molecule has 1 aliphatic rings. The van der Waals surface area contributed by atoms with Crippen LogP contribution in [0.25, 0.3) is 22.8 Å². The summed E-state index contributed by atoms with van der Waals surface area (Å²) in [4.78, 5) is 12.9. The lowest BCUT2D eigenvalue weighted by atomic mass is 9.95. The number of carboxylic acid groups (broad SMARTS) is 1. The van der Waals surface area contributed by atoms with E-state index in [1.54, 1.807) is 6.07 Å². The summed E-state index contributed by atoms with van der Waals surface area (Å²) in [5, 5.41) is 15.1. The van der Waals surface area contributed by atoms with E-state index in [0.717, 1.165) is 16.8 Å². The summed E-state index contributed by atoms with van der Waals surface area (Å²) in [6.07, 6.45) is 6.54. The van der Waals surface area contributed by atoms with Crippen LogP contribution >= 0.6 is 11.6 Å². The van der Waals surface area contributed by atoms with E-state index in [9.17, 15) is 0 Å². The molecule has 170 valence electrons. The second kappa shape index (κ2) is 11.5. The number of carbonyl (C=O) groups is 1. The summed E-state index contributed by atoms with van der Waals surface area (Å²) in [5.41, 5.74) is 2.81. The molecule has 1 saturated carbocycles. The summed E-state index contributed by atoms with van der Waals surface area (Å²) in [5.74, 6) is 1.64. The number of ether oxygens (including phenoxy) is 1. The van der Waals surface area contributed by atoms with Crippen molar-refractivity contribution in [1.29, 1.82) is 0 Å². The number of anilines is 1. The maximum atomic E-state index is 8.36. The Morgan fingerprint density at radius 3 is 2.41 bits per heavy atom. The van der Waals surface area contributed by atoms with E-state index >= 15 is 0 Å². The number of nitrogens with one attached hydrogen (secondary N) is 1. The SMILES string of the molecule is CC(C)Oc1ccc(-c2noc(-c3ccc(NC4CCCCC4)cc3)n2)cc1Cl.O=CO. The molecule has 8 heteroatoms. The lowest BCUT2D eigenvalue weighted by Gasteiger charge is -2.23. The maximum absolute atomic E-state index is 8.36. The van der Waals surface area contributed by atoms with Crippen LogP contribution in [-0.4, -0.2) is 33.9 Å². The van der Waals surface area contributed by atoms with Crippen LogP contribution in [0.15, 0.2) is 47.0 Å². The molecule has 0 radical (unpaired) electrons. The fourth-order valence-electron chi connectivity index (χ4n) is 3.64. The zero-order chi connectivity index (χ0) is 22.9. The zero-order valence-electron chi connectivity index (χ0n) is 18.3. The highest BCUT2D eigenvalue weighted by Gasteiger charge is 2.15. The molecule has 2 aromatic carbocycles. The van der Waals surface area contributed by atoms with Gasteiger partial charge in [0.25, 0.3) is 12.4 Å². The van der Waals surface area contributed by atoms with Gasteiger partial charge in [0.2, 0.25) is 5.82 Å². The Labute approximate surface area is 192 Å². The van der Waals surface area contributed by atoms with Crippen molar-refractivity contribution >= 4 is 23.8 Å². The summed E-state index contributed by atoms with van der Waals surface area (Å²) < 4.78 is 11.1. The van der Waals surface area contributed by atoms with Gasteiger partial charge in [-0.3, -0.25) is 4.79 Å². The van der Waals surface area contributed by atoms with Gasteiger partial charge in [0, 0.05) is 22.9 Å². The van der Waals surface area contributed by atoms with Gasteiger partial charge in [0.1, 0.15) is 5.75 Å². The van der Waals surface area contributed by atoms with Gasteiger partial charge in [0.15, 0.2) is 0 Å². The Morgan fingerprint density at radius 2 is 1.78 bits per heavy atom. The largest absolute Gasteiger partial charge is 0.489 e. The number of nitrogens with zero attached hydrogens (tertiary/aromatic N) is 2. The van der Waals surface area contributed by atoms with Crippen LogP contribution in [0.3, 0.4) is 0 Å². The van der Waals surface area contributed by atoms with E-state index in [-0.39, 0.29) is 12.6 Å². The first-order valence-corrected chi connectivity index (χ1v) is 11.1. The lowest BCUT2D eigenvalue weighted by Crippen LogP contribution is -2.22. The fraction of sp³-hybridized carbons (Fsp3) is 0.375. The van der Waals surface area contributed by atoms with Gasteiger partial charge < -0.3 is 19.7 Å². The summed E-state index contributed by atoms with van der Waals surface area (Å²) in [6.45, 7) is 3.68. The summed E-state index contributed by atoms with van der Waals surface area (Å²) >= 11 is 6.33. The molecule has 3 aromatic rings. The maximum Gasteiger partial charge on any atom is 0.290 e. The van der Waals surface area contributed by atoms with Gasteiger partial charge in [-0.15, -0.1) is 0 Å². The minimum Gasteiger partial charge on any atom is -0.489 e. The topological polar surface area (TPSA) is 97.5 Å². The summed E-state index contributed by atoms with van der Waals surface area (Å²) in [7, 11) is 0. The van der Waals surface area contributed by atoms with Crippen molar-refractivity contribution in [2.45, 2.75) is 58.1 Å². The number of hydrogen-bond donors (Lipinski definition) is 2. The average molecular weight is 458 g/mol. The van der Waals surface area contributed by atoms with E-state index in [1.807, 2.05) is 38.1 Å². The first kappa shape index (κ1) is 23.6. The Bertz CT molecular complexity index is 999. The number of rotatable bonds is 6. The molecule has 2 N–H and O–H groups in total. The molecule has 0 atom stereocenters. The molecule has 0 amide bonds. The summed E-state index contributed by atoms with van der Waals surface area (Å²) in [6, 6.07) is 14.3. The second-order valence-corrected chi connectivity index (χ2v) is 8.30. The molecule has 0 bridgehead atoms. The number of benzene rings is 2. The molecular formula is C24H28ClN3O4. The van der Waals surface area contributed by atoms with Crippen LogP contribution in [0.4, 0.5) is 5.69 Å². The van der Waals surface area contributed by atoms with Crippen LogP contribution < -0.4 is 10.1 Å². The molecule has 32 heavy (non-hydrogen) atoms. The van der Waals surface area contributed by atoms with Crippen molar-refractivity contribution in [3.05, 3.63) is 47.5 Å². The Hall–Kier alpha value is -3.06. The minimum atomic E-state index is -0.250. The number of halogens is 1. The monoisotopic (exact) mass is 457 g/mol. The Morgan fingerprint density at radius 1 is 1.12 bits per heavy atom. The van der Waals surface area contributed by atoms with Crippen molar-refractivity contribution in [2.24, 2.45) is 0 Å². The van der Waals surface area contributed by atoms with Crippen molar-refractivity contribution < 1.29 is 19.2 Å². The number of aromatic nitrogens is 2. The van der Waals surface area contributed by atoms with E-state index in [2.05, 4.69) is 27.6 Å². The van der Waals surface area contributed by atoms with E-state index in [4.69, 9.17) is 30.8 Å². The fourth-order valence-corrected chi connectivity index (χ4v) is 3.86. The lowest BCUT2D eigenvalue weighted by molar-refractivity contribution is -0.122. The van der Waals surface area contributed by atoms with Gasteiger partial charge in [-0.25, -0.2) is 0 Å². The smallest absolute Gasteiger partial charge is 0.290 e. The van der Waals surface area contributed by atoms with Gasteiger partial charge in [-0.1, -0.05) is 36.0 Å². The van der Waals surface area contributed by atoms with Gasteiger partial charge >= 0.3 is 0 Å². The first-order valence-electron chi connectivity index (χ1n) is 10.7. The molecular weight excluding hydrogens is 430 g/mol. The molecule has 0 spiro atoms.